The van der Waals surface area contributed by atoms with E-state index in [0.29, 0.717) is 0 Å². The smallest absolute Gasteiger partial charge is 0.0996 e. The Balaban J connectivity index is 2.10. The molecule has 0 saturated heterocycles. The van der Waals surface area contributed by atoms with E-state index in [-0.39, 0.29) is 0 Å². The van der Waals surface area contributed by atoms with Crippen LogP contribution in [0.4, 0.5) is 0 Å². The highest BCUT2D eigenvalue weighted by Gasteiger charge is 2.03. The fourth-order valence-corrected chi connectivity index (χ4v) is 2.13. The maximum absolute atomic E-state index is 4.39. The molecule has 0 bridgehead atoms. The van der Waals surface area contributed by atoms with Crippen LogP contribution in [0.25, 0.3) is 5.69 Å². The van der Waals surface area contributed by atoms with Crippen LogP contribution in [-0.4, -0.2) is 16.1 Å². The number of halogens is 1. The average molecular weight is 294 g/mol. The third-order valence-corrected chi connectivity index (χ3v) is 3.17. The van der Waals surface area contributed by atoms with Crippen LogP contribution in [0.5, 0.6) is 0 Å². The van der Waals surface area contributed by atoms with Crippen molar-refractivity contribution in [2.75, 3.05) is 6.54 Å². The normalized spacial score (nSPS) is 10.7. The lowest BCUT2D eigenvalue weighted by atomic mass is 10.3. The second kappa shape index (κ2) is 5.98. The van der Waals surface area contributed by atoms with Crippen molar-refractivity contribution < 1.29 is 0 Å². The van der Waals surface area contributed by atoms with Crippen molar-refractivity contribution in [3.8, 4) is 5.69 Å². The molecule has 0 aliphatic heterocycles. The Kier molecular flexibility index (Phi) is 4.34. The van der Waals surface area contributed by atoms with E-state index in [1.165, 1.54) is 0 Å². The molecular weight excluding hydrogens is 278 g/mol. The van der Waals surface area contributed by atoms with Gasteiger partial charge < -0.3 is 9.88 Å². The second-order valence-corrected chi connectivity index (χ2v) is 4.75. The fraction of sp³-hybridized carbons (Fsp3) is 0.308. The molecule has 3 nitrogen and oxygen atoms in total. The molecule has 2 aromatic rings. The molecule has 0 spiro atoms. The zero-order valence-electron chi connectivity index (χ0n) is 9.86. The highest BCUT2D eigenvalue weighted by molar-refractivity contribution is 9.10. The number of nitrogens with zero attached hydrogens (tertiary/aromatic N) is 2. The SMILES string of the molecule is CCCNCc1cn(-c2ccccc2Br)cn1. The predicted octanol–water partition coefficient (Wildman–Crippen LogP) is 3.13. The molecule has 1 N–H and O–H groups in total. The van der Waals surface area contributed by atoms with Crippen molar-refractivity contribution in [1.29, 1.82) is 0 Å². The molecule has 0 aliphatic carbocycles. The van der Waals surface area contributed by atoms with Crippen molar-refractivity contribution >= 4 is 15.9 Å². The molecule has 1 aromatic carbocycles. The number of hydrogen-bond acceptors (Lipinski definition) is 2. The maximum Gasteiger partial charge on any atom is 0.0996 e. The van der Waals surface area contributed by atoms with Gasteiger partial charge in [-0.25, -0.2) is 4.98 Å². The number of benzene rings is 1. The number of nitrogens with one attached hydrogen (secondary N) is 1. The highest BCUT2D eigenvalue weighted by Crippen LogP contribution is 2.20. The lowest BCUT2D eigenvalue weighted by molar-refractivity contribution is 0.666. The first-order chi connectivity index (χ1) is 8.31. The summed E-state index contributed by atoms with van der Waals surface area (Å²) in [5.74, 6) is 0. The van der Waals surface area contributed by atoms with E-state index in [9.17, 15) is 0 Å². The molecule has 4 heteroatoms. The third-order valence-electron chi connectivity index (χ3n) is 2.50. The van der Waals surface area contributed by atoms with Gasteiger partial charge in [0, 0.05) is 17.2 Å². The van der Waals surface area contributed by atoms with Crippen molar-refractivity contribution in [1.82, 2.24) is 14.9 Å². The van der Waals surface area contributed by atoms with Gasteiger partial charge in [0.15, 0.2) is 0 Å². The monoisotopic (exact) mass is 293 g/mol. The quantitative estimate of drug-likeness (QED) is 0.859. The molecule has 0 fully saturated rings. The van der Waals surface area contributed by atoms with Crippen LogP contribution in [0.2, 0.25) is 0 Å². The first-order valence-corrected chi connectivity index (χ1v) is 6.59. The molecule has 1 heterocycles. The predicted molar refractivity (Wildman–Crippen MR) is 73.3 cm³/mol. The summed E-state index contributed by atoms with van der Waals surface area (Å²) in [5, 5.41) is 3.34. The molecule has 0 atom stereocenters. The summed E-state index contributed by atoms with van der Waals surface area (Å²) < 4.78 is 3.11. The Morgan fingerprint density at radius 3 is 2.94 bits per heavy atom. The molecule has 0 unspecified atom stereocenters. The summed E-state index contributed by atoms with van der Waals surface area (Å²) in [6.45, 7) is 4.01. The largest absolute Gasteiger partial charge is 0.311 e. The Labute approximate surface area is 110 Å². The molecule has 0 aliphatic rings. The van der Waals surface area contributed by atoms with Crippen molar-refractivity contribution in [3.05, 3.63) is 47.0 Å². The molecule has 2 rings (SSSR count). The van der Waals surface area contributed by atoms with E-state index in [1.807, 2.05) is 29.1 Å². The number of hydrogen-bond donors (Lipinski definition) is 1. The number of imidazole rings is 1. The molecule has 17 heavy (non-hydrogen) atoms. The highest BCUT2D eigenvalue weighted by atomic mass is 79.9. The van der Waals surface area contributed by atoms with Gasteiger partial charge in [-0.2, -0.15) is 0 Å². The van der Waals surface area contributed by atoms with Gasteiger partial charge in [-0.15, -0.1) is 0 Å². The molecule has 0 amide bonds. The average Bonchev–Trinajstić information content (AvgIpc) is 2.79. The summed E-state index contributed by atoms with van der Waals surface area (Å²) in [4.78, 5) is 4.39. The van der Waals surface area contributed by atoms with Gasteiger partial charge >= 0.3 is 0 Å². The van der Waals surface area contributed by atoms with E-state index in [1.54, 1.807) is 0 Å². The topological polar surface area (TPSA) is 29.9 Å². The summed E-state index contributed by atoms with van der Waals surface area (Å²) in [5.41, 5.74) is 2.18. The Morgan fingerprint density at radius 1 is 1.35 bits per heavy atom. The second-order valence-electron chi connectivity index (χ2n) is 3.90. The van der Waals surface area contributed by atoms with Gasteiger partial charge in [-0.3, -0.25) is 0 Å². The summed E-state index contributed by atoms with van der Waals surface area (Å²) in [6.07, 6.45) is 5.05. The first kappa shape index (κ1) is 12.3. The molecule has 90 valence electrons. The Hall–Kier alpha value is -1.13. The van der Waals surface area contributed by atoms with Crippen molar-refractivity contribution in [2.24, 2.45) is 0 Å². The molecule has 0 radical (unpaired) electrons. The van der Waals surface area contributed by atoms with Crippen LogP contribution < -0.4 is 5.32 Å². The summed E-state index contributed by atoms with van der Waals surface area (Å²) >= 11 is 3.54. The Bertz CT molecular complexity index is 479. The zero-order valence-corrected chi connectivity index (χ0v) is 11.4. The number of aromatic nitrogens is 2. The first-order valence-electron chi connectivity index (χ1n) is 5.79. The molecule has 1 aromatic heterocycles. The number of rotatable bonds is 5. The standard InChI is InChI=1S/C13H16BrN3/c1-2-7-15-8-11-9-17(10-16-11)13-6-4-3-5-12(13)14/h3-6,9-10,15H,2,7-8H2,1H3. The minimum absolute atomic E-state index is 0.825. The lowest BCUT2D eigenvalue weighted by Crippen LogP contribution is -2.13. The van der Waals surface area contributed by atoms with Gasteiger partial charge in [0.1, 0.15) is 0 Å². The van der Waals surface area contributed by atoms with Gasteiger partial charge in [0.2, 0.25) is 0 Å². The van der Waals surface area contributed by atoms with E-state index in [2.05, 4.69) is 45.4 Å². The van der Waals surface area contributed by atoms with E-state index in [0.717, 1.165) is 35.4 Å². The van der Waals surface area contributed by atoms with Gasteiger partial charge in [-0.05, 0) is 41.0 Å². The Morgan fingerprint density at radius 2 is 2.18 bits per heavy atom. The van der Waals surface area contributed by atoms with Crippen LogP contribution in [0, 0.1) is 0 Å². The summed E-state index contributed by atoms with van der Waals surface area (Å²) in [6, 6.07) is 8.13. The van der Waals surface area contributed by atoms with Crippen LogP contribution in [0.1, 0.15) is 19.0 Å². The van der Waals surface area contributed by atoms with Crippen LogP contribution >= 0.6 is 15.9 Å². The van der Waals surface area contributed by atoms with Crippen LogP contribution in [0.3, 0.4) is 0 Å². The van der Waals surface area contributed by atoms with Gasteiger partial charge in [0.05, 0.1) is 17.7 Å². The molecule has 0 saturated carbocycles. The van der Waals surface area contributed by atoms with Gasteiger partial charge in [-0.1, -0.05) is 19.1 Å². The third kappa shape index (κ3) is 3.17. The van der Waals surface area contributed by atoms with E-state index >= 15 is 0 Å². The zero-order chi connectivity index (χ0) is 12.1. The van der Waals surface area contributed by atoms with Crippen LogP contribution in [-0.2, 0) is 6.54 Å². The van der Waals surface area contributed by atoms with E-state index in [4.69, 9.17) is 0 Å². The fourth-order valence-electron chi connectivity index (χ4n) is 1.64. The van der Waals surface area contributed by atoms with E-state index < -0.39 is 0 Å². The van der Waals surface area contributed by atoms with Gasteiger partial charge in [0.25, 0.3) is 0 Å². The lowest BCUT2D eigenvalue weighted by Gasteiger charge is -2.03. The molecular formula is C13H16BrN3. The maximum atomic E-state index is 4.39. The number of para-hydroxylation sites is 1. The minimum atomic E-state index is 0.825. The van der Waals surface area contributed by atoms with Crippen molar-refractivity contribution in [2.45, 2.75) is 19.9 Å². The van der Waals surface area contributed by atoms with Crippen molar-refractivity contribution in [3.63, 3.8) is 0 Å². The summed E-state index contributed by atoms with van der Waals surface area (Å²) in [7, 11) is 0. The van der Waals surface area contributed by atoms with Crippen LogP contribution in [0.15, 0.2) is 41.3 Å². The minimum Gasteiger partial charge on any atom is -0.311 e.